The molecule has 0 aliphatic rings. The summed E-state index contributed by atoms with van der Waals surface area (Å²) in [5.41, 5.74) is -0.437. The SMILES string of the molecule is CCC.CCOC(=O)c1nc(C(C)C(C)C)n(C)c(=O)c1OC. The second kappa shape index (κ2) is 10.0. The van der Waals surface area contributed by atoms with Gasteiger partial charge in [-0.3, -0.25) is 9.36 Å². The van der Waals surface area contributed by atoms with Gasteiger partial charge in [0.05, 0.1) is 13.7 Å². The highest BCUT2D eigenvalue weighted by Crippen LogP contribution is 2.23. The van der Waals surface area contributed by atoms with Crippen molar-refractivity contribution in [1.29, 1.82) is 0 Å². The molecule has 6 heteroatoms. The third kappa shape index (κ3) is 5.37. The predicted molar refractivity (Wildman–Crippen MR) is 91.2 cm³/mol. The van der Waals surface area contributed by atoms with Crippen LogP contribution in [0.5, 0.6) is 5.75 Å². The monoisotopic (exact) mass is 326 g/mol. The van der Waals surface area contributed by atoms with E-state index in [0.29, 0.717) is 5.82 Å². The van der Waals surface area contributed by atoms with E-state index in [1.54, 1.807) is 14.0 Å². The third-order valence-electron chi connectivity index (χ3n) is 3.36. The summed E-state index contributed by atoms with van der Waals surface area (Å²) in [6.45, 7) is 12.2. The molecular formula is C17H30N2O4. The standard InChI is InChI=1S/C14H22N2O4.C3H8/c1-7-20-14(18)10-11(19-6)13(17)16(5)12(15-10)9(4)8(2)3;1-3-2/h8-9H,7H2,1-6H3;3H2,1-2H3. The van der Waals surface area contributed by atoms with E-state index < -0.39 is 5.97 Å². The Morgan fingerprint density at radius 3 is 2.13 bits per heavy atom. The molecule has 1 heterocycles. The minimum absolute atomic E-state index is 0.0341. The zero-order valence-electron chi connectivity index (χ0n) is 15.6. The average Bonchev–Trinajstić information content (AvgIpc) is 2.49. The summed E-state index contributed by atoms with van der Waals surface area (Å²) < 4.78 is 11.4. The van der Waals surface area contributed by atoms with Gasteiger partial charge in [0, 0.05) is 13.0 Å². The first-order chi connectivity index (χ1) is 10.8. The topological polar surface area (TPSA) is 70.4 Å². The van der Waals surface area contributed by atoms with E-state index in [1.165, 1.54) is 18.1 Å². The molecule has 0 amide bonds. The van der Waals surface area contributed by atoms with Crippen LogP contribution >= 0.6 is 0 Å². The largest absolute Gasteiger partial charge is 0.489 e. The van der Waals surface area contributed by atoms with Crippen LogP contribution in [-0.2, 0) is 11.8 Å². The highest BCUT2D eigenvalue weighted by molar-refractivity contribution is 5.90. The van der Waals surface area contributed by atoms with Gasteiger partial charge < -0.3 is 9.47 Å². The number of esters is 1. The fraction of sp³-hybridized carbons (Fsp3) is 0.706. The first-order valence-corrected chi connectivity index (χ1v) is 8.08. The van der Waals surface area contributed by atoms with E-state index in [1.807, 2.05) is 20.8 Å². The number of carbonyl (C=O) groups is 1. The molecule has 0 saturated heterocycles. The molecule has 1 aromatic heterocycles. The van der Waals surface area contributed by atoms with Crippen LogP contribution in [0.1, 0.15) is 70.2 Å². The first-order valence-electron chi connectivity index (χ1n) is 8.08. The molecule has 0 bridgehead atoms. The quantitative estimate of drug-likeness (QED) is 0.777. The Bertz CT molecular complexity index is 564. The lowest BCUT2D eigenvalue weighted by molar-refractivity contribution is 0.0513. The maximum absolute atomic E-state index is 12.3. The summed E-state index contributed by atoms with van der Waals surface area (Å²) in [6, 6.07) is 0. The third-order valence-corrected chi connectivity index (χ3v) is 3.36. The molecule has 0 radical (unpaired) electrons. The van der Waals surface area contributed by atoms with Crippen molar-refractivity contribution in [2.75, 3.05) is 13.7 Å². The molecule has 1 unspecified atom stereocenters. The number of methoxy groups -OCH3 is 1. The Morgan fingerprint density at radius 2 is 1.74 bits per heavy atom. The van der Waals surface area contributed by atoms with Crippen molar-refractivity contribution in [3.63, 3.8) is 0 Å². The van der Waals surface area contributed by atoms with E-state index in [0.717, 1.165) is 0 Å². The van der Waals surface area contributed by atoms with Gasteiger partial charge in [-0.05, 0) is 12.8 Å². The molecule has 1 atom stereocenters. The minimum atomic E-state index is -0.640. The summed E-state index contributed by atoms with van der Waals surface area (Å²) >= 11 is 0. The van der Waals surface area contributed by atoms with Gasteiger partial charge in [0.15, 0.2) is 5.69 Å². The lowest BCUT2D eigenvalue weighted by atomic mass is 9.97. The van der Waals surface area contributed by atoms with E-state index in [4.69, 9.17) is 9.47 Å². The molecular weight excluding hydrogens is 296 g/mol. The molecule has 0 saturated carbocycles. The van der Waals surface area contributed by atoms with Crippen LogP contribution in [-0.4, -0.2) is 29.2 Å². The van der Waals surface area contributed by atoms with Crippen molar-refractivity contribution < 1.29 is 14.3 Å². The maximum Gasteiger partial charge on any atom is 0.361 e. The first kappa shape index (κ1) is 21.1. The molecule has 0 N–H and O–H groups in total. The van der Waals surface area contributed by atoms with Crippen molar-refractivity contribution in [3.05, 3.63) is 21.9 Å². The normalized spacial score (nSPS) is 11.5. The van der Waals surface area contributed by atoms with Crippen LogP contribution < -0.4 is 10.3 Å². The number of hydrogen-bond acceptors (Lipinski definition) is 5. The highest BCUT2D eigenvalue weighted by Gasteiger charge is 2.25. The molecule has 0 aromatic carbocycles. The number of nitrogens with zero attached hydrogens (tertiary/aromatic N) is 2. The number of rotatable bonds is 5. The zero-order chi connectivity index (χ0) is 18.2. The number of hydrogen-bond donors (Lipinski definition) is 0. The molecule has 0 spiro atoms. The van der Waals surface area contributed by atoms with Gasteiger partial charge in [0.25, 0.3) is 5.56 Å². The Hall–Kier alpha value is -1.85. The summed E-state index contributed by atoms with van der Waals surface area (Å²) in [7, 11) is 2.97. The second-order valence-corrected chi connectivity index (χ2v) is 5.68. The molecule has 6 nitrogen and oxygen atoms in total. The smallest absolute Gasteiger partial charge is 0.361 e. The lowest BCUT2D eigenvalue weighted by Crippen LogP contribution is -2.29. The predicted octanol–water partition coefficient (Wildman–Crippen LogP) is 3.14. The van der Waals surface area contributed by atoms with Crippen LogP contribution in [0, 0.1) is 5.92 Å². The summed E-state index contributed by atoms with van der Waals surface area (Å²) in [5, 5.41) is 0. The van der Waals surface area contributed by atoms with Crippen LogP contribution in [0.2, 0.25) is 0 Å². The minimum Gasteiger partial charge on any atom is -0.489 e. The van der Waals surface area contributed by atoms with Crippen LogP contribution in [0.25, 0.3) is 0 Å². The van der Waals surface area contributed by atoms with Gasteiger partial charge in [0.1, 0.15) is 5.82 Å². The molecule has 23 heavy (non-hydrogen) atoms. The average molecular weight is 326 g/mol. The van der Waals surface area contributed by atoms with Crippen molar-refractivity contribution in [2.45, 2.75) is 53.9 Å². The van der Waals surface area contributed by atoms with Crippen LogP contribution in [0.3, 0.4) is 0 Å². The van der Waals surface area contributed by atoms with Gasteiger partial charge in [-0.2, -0.15) is 0 Å². The molecule has 1 aromatic rings. The Kier molecular flexibility index (Phi) is 9.22. The maximum atomic E-state index is 12.3. The molecule has 1 rings (SSSR count). The number of aromatic nitrogens is 2. The summed E-state index contributed by atoms with van der Waals surface area (Å²) in [6.07, 6.45) is 1.25. The van der Waals surface area contributed by atoms with Crippen LogP contribution in [0.15, 0.2) is 4.79 Å². The van der Waals surface area contributed by atoms with Crippen molar-refractivity contribution in [1.82, 2.24) is 9.55 Å². The number of carbonyl (C=O) groups excluding carboxylic acids is 1. The van der Waals surface area contributed by atoms with Gasteiger partial charge in [-0.1, -0.05) is 41.0 Å². The molecule has 0 aliphatic carbocycles. The van der Waals surface area contributed by atoms with E-state index in [2.05, 4.69) is 18.8 Å². The van der Waals surface area contributed by atoms with Crippen molar-refractivity contribution in [3.8, 4) is 5.75 Å². The summed E-state index contributed by atoms with van der Waals surface area (Å²) in [4.78, 5) is 28.5. The van der Waals surface area contributed by atoms with Gasteiger partial charge in [0.2, 0.25) is 5.75 Å². The van der Waals surface area contributed by atoms with E-state index >= 15 is 0 Å². The van der Waals surface area contributed by atoms with Crippen LogP contribution in [0.4, 0.5) is 0 Å². The van der Waals surface area contributed by atoms with Crippen molar-refractivity contribution in [2.24, 2.45) is 13.0 Å². The Labute approximate surface area is 138 Å². The van der Waals surface area contributed by atoms with Gasteiger partial charge >= 0.3 is 5.97 Å². The van der Waals surface area contributed by atoms with Gasteiger partial charge in [-0.15, -0.1) is 0 Å². The van der Waals surface area contributed by atoms with Crippen molar-refractivity contribution >= 4 is 5.97 Å². The molecule has 0 aliphatic heterocycles. The molecule has 0 fully saturated rings. The highest BCUT2D eigenvalue weighted by atomic mass is 16.5. The second-order valence-electron chi connectivity index (χ2n) is 5.68. The fourth-order valence-electron chi connectivity index (χ4n) is 1.83. The lowest BCUT2D eigenvalue weighted by Gasteiger charge is -2.19. The van der Waals surface area contributed by atoms with Gasteiger partial charge in [-0.25, -0.2) is 9.78 Å². The summed E-state index contributed by atoms with van der Waals surface area (Å²) in [5.74, 6) is 0.155. The zero-order valence-corrected chi connectivity index (χ0v) is 15.6. The Balaban J connectivity index is 0.00000149. The molecule has 132 valence electrons. The number of ether oxygens (including phenoxy) is 2. The Morgan fingerprint density at radius 1 is 1.22 bits per heavy atom. The van der Waals surface area contributed by atoms with E-state index in [-0.39, 0.29) is 35.4 Å². The fourth-order valence-corrected chi connectivity index (χ4v) is 1.83. The van der Waals surface area contributed by atoms with E-state index in [9.17, 15) is 9.59 Å².